The third-order valence-corrected chi connectivity index (χ3v) is 5.08. The van der Waals surface area contributed by atoms with Crippen molar-refractivity contribution in [3.05, 3.63) is 71.7 Å². The van der Waals surface area contributed by atoms with Gasteiger partial charge in [0.1, 0.15) is 24.2 Å². The molecule has 0 radical (unpaired) electrons. The first-order valence-corrected chi connectivity index (χ1v) is 10.4. The summed E-state index contributed by atoms with van der Waals surface area (Å²) in [7, 11) is 4.76. The van der Waals surface area contributed by atoms with Gasteiger partial charge in [-0.25, -0.2) is 0 Å². The summed E-state index contributed by atoms with van der Waals surface area (Å²) in [5.74, 6) is 3.30. The van der Waals surface area contributed by atoms with Crippen molar-refractivity contribution >= 4 is 0 Å². The Kier molecular flexibility index (Phi) is 8.41. The molecule has 0 amide bonds. The Morgan fingerprint density at radius 2 is 1.62 bits per heavy atom. The van der Waals surface area contributed by atoms with Crippen molar-refractivity contribution < 1.29 is 28.5 Å². The number of aliphatic hydroxyl groups is 1. The van der Waals surface area contributed by atoms with E-state index in [4.69, 9.17) is 23.4 Å². The summed E-state index contributed by atoms with van der Waals surface area (Å²) in [5.41, 5.74) is 1.99. The molecule has 3 aromatic rings. The maximum absolute atomic E-state index is 10.7. The molecule has 7 nitrogen and oxygen atoms in total. The number of aliphatic hydroxyl groups excluding tert-OH is 1. The van der Waals surface area contributed by atoms with E-state index in [1.807, 2.05) is 55.5 Å². The monoisotopic (exact) mass is 441 g/mol. The van der Waals surface area contributed by atoms with Crippen molar-refractivity contribution in [1.82, 2.24) is 4.90 Å². The van der Waals surface area contributed by atoms with Gasteiger partial charge in [0.05, 0.1) is 34.1 Å². The first kappa shape index (κ1) is 23.5. The van der Waals surface area contributed by atoms with E-state index in [-0.39, 0.29) is 6.61 Å². The zero-order valence-corrected chi connectivity index (χ0v) is 19.0. The summed E-state index contributed by atoms with van der Waals surface area (Å²) in [6, 6.07) is 15.3. The number of hydrogen-bond donors (Lipinski definition) is 1. The van der Waals surface area contributed by atoms with Gasteiger partial charge < -0.3 is 28.5 Å². The van der Waals surface area contributed by atoms with Crippen molar-refractivity contribution in [2.45, 2.75) is 26.1 Å². The number of furan rings is 1. The number of aryl methyl sites for hydroxylation is 1. The number of benzene rings is 2. The fourth-order valence-corrected chi connectivity index (χ4v) is 3.55. The predicted octanol–water partition coefficient (Wildman–Crippen LogP) is 4.06. The van der Waals surface area contributed by atoms with E-state index in [1.54, 1.807) is 27.6 Å². The molecular formula is C25H31NO6. The maximum Gasteiger partial charge on any atom is 0.203 e. The van der Waals surface area contributed by atoms with E-state index in [1.165, 1.54) is 0 Å². The van der Waals surface area contributed by atoms with Crippen molar-refractivity contribution in [2.24, 2.45) is 0 Å². The van der Waals surface area contributed by atoms with Gasteiger partial charge in [0, 0.05) is 13.1 Å². The summed E-state index contributed by atoms with van der Waals surface area (Å²) >= 11 is 0. The lowest BCUT2D eigenvalue weighted by Gasteiger charge is -2.25. The Labute approximate surface area is 189 Å². The third-order valence-electron chi connectivity index (χ3n) is 5.08. The smallest absolute Gasteiger partial charge is 0.203 e. The molecule has 1 heterocycles. The van der Waals surface area contributed by atoms with Crippen molar-refractivity contribution in [1.29, 1.82) is 0 Å². The lowest BCUT2D eigenvalue weighted by Crippen LogP contribution is -2.35. The molecule has 0 bridgehead atoms. The average molecular weight is 442 g/mol. The van der Waals surface area contributed by atoms with Crippen LogP contribution in [-0.4, -0.2) is 50.6 Å². The van der Waals surface area contributed by atoms with E-state index in [0.717, 1.165) is 22.6 Å². The maximum atomic E-state index is 10.7. The second-order valence-corrected chi connectivity index (χ2v) is 7.51. The van der Waals surface area contributed by atoms with Crippen LogP contribution in [0.2, 0.25) is 0 Å². The van der Waals surface area contributed by atoms with Gasteiger partial charge in [-0.1, -0.05) is 18.2 Å². The molecule has 0 aliphatic heterocycles. The molecular weight excluding hydrogens is 410 g/mol. The fraction of sp³-hybridized carbons (Fsp3) is 0.360. The van der Waals surface area contributed by atoms with E-state index in [2.05, 4.69) is 4.90 Å². The lowest BCUT2D eigenvalue weighted by atomic mass is 10.1. The Bertz CT molecular complexity index is 947. The van der Waals surface area contributed by atoms with Gasteiger partial charge in [-0.05, 0) is 48.4 Å². The zero-order valence-electron chi connectivity index (χ0n) is 19.0. The van der Waals surface area contributed by atoms with Crippen LogP contribution in [-0.2, 0) is 13.1 Å². The summed E-state index contributed by atoms with van der Waals surface area (Å²) in [4.78, 5) is 2.09. The van der Waals surface area contributed by atoms with Crippen LogP contribution < -0.4 is 18.9 Å². The summed E-state index contributed by atoms with van der Waals surface area (Å²) in [6.45, 7) is 3.64. The summed E-state index contributed by atoms with van der Waals surface area (Å²) in [5, 5.41) is 10.7. The van der Waals surface area contributed by atoms with Gasteiger partial charge in [0.25, 0.3) is 0 Å². The number of methoxy groups -OCH3 is 3. The van der Waals surface area contributed by atoms with Crippen LogP contribution in [0.5, 0.6) is 23.0 Å². The highest BCUT2D eigenvalue weighted by molar-refractivity contribution is 5.53. The van der Waals surface area contributed by atoms with Gasteiger partial charge in [-0.3, -0.25) is 4.90 Å². The van der Waals surface area contributed by atoms with Crippen LogP contribution in [0.4, 0.5) is 0 Å². The number of nitrogens with zero attached hydrogens (tertiary/aromatic N) is 1. The fourth-order valence-electron chi connectivity index (χ4n) is 3.55. The highest BCUT2D eigenvalue weighted by Crippen LogP contribution is 2.38. The molecule has 0 aliphatic rings. The summed E-state index contributed by atoms with van der Waals surface area (Å²) < 4.78 is 27.7. The predicted molar refractivity (Wildman–Crippen MR) is 122 cm³/mol. The number of ether oxygens (including phenoxy) is 4. The van der Waals surface area contributed by atoms with Crippen molar-refractivity contribution in [3.63, 3.8) is 0 Å². The molecule has 32 heavy (non-hydrogen) atoms. The first-order chi connectivity index (χ1) is 15.5. The Balaban J connectivity index is 1.73. The SMILES string of the molecule is COc1cc(CN(Cc2ccco2)CC(O)COc2ccccc2C)cc(OC)c1OC. The normalized spacial score (nSPS) is 11.9. The Morgan fingerprint density at radius 3 is 2.22 bits per heavy atom. The van der Waals surface area contributed by atoms with E-state index >= 15 is 0 Å². The molecule has 0 fully saturated rings. The van der Waals surface area contributed by atoms with Gasteiger partial charge in [0.2, 0.25) is 5.75 Å². The molecule has 3 rings (SSSR count). The molecule has 0 spiro atoms. The third kappa shape index (κ3) is 6.18. The van der Waals surface area contributed by atoms with Crippen LogP contribution in [0, 0.1) is 6.92 Å². The molecule has 0 saturated carbocycles. The Hall–Kier alpha value is -3.16. The van der Waals surface area contributed by atoms with Crippen molar-refractivity contribution in [3.8, 4) is 23.0 Å². The van der Waals surface area contributed by atoms with E-state index in [9.17, 15) is 5.11 Å². The molecule has 0 aliphatic carbocycles. The molecule has 1 unspecified atom stereocenters. The van der Waals surface area contributed by atoms with Gasteiger partial charge in [-0.2, -0.15) is 0 Å². The molecule has 0 saturated heterocycles. The number of rotatable bonds is 12. The lowest BCUT2D eigenvalue weighted by molar-refractivity contribution is 0.0602. The number of hydrogen-bond acceptors (Lipinski definition) is 7. The van der Waals surface area contributed by atoms with Gasteiger partial charge in [0.15, 0.2) is 11.5 Å². The molecule has 7 heteroatoms. The molecule has 2 aromatic carbocycles. The van der Waals surface area contributed by atoms with Crippen molar-refractivity contribution in [2.75, 3.05) is 34.5 Å². The quantitative estimate of drug-likeness (QED) is 0.454. The molecule has 1 aromatic heterocycles. The Morgan fingerprint density at radius 1 is 0.906 bits per heavy atom. The zero-order chi connectivity index (χ0) is 22.9. The largest absolute Gasteiger partial charge is 0.493 e. The minimum Gasteiger partial charge on any atom is -0.493 e. The molecule has 1 N–H and O–H groups in total. The summed E-state index contributed by atoms with van der Waals surface area (Å²) in [6.07, 6.45) is 0.955. The second kappa shape index (κ2) is 11.5. The van der Waals surface area contributed by atoms with Gasteiger partial charge in [-0.15, -0.1) is 0 Å². The standard InChI is InChI=1S/C25H31NO6/c1-18-8-5-6-10-22(18)32-17-20(27)15-26(16-21-9-7-11-31-21)14-19-12-23(28-2)25(30-4)24(13-19)29-3/h5-13,20,27H,14-17H2,1-4H3. The first-order valence-electron chi connectivity index (χ1n) is 10.4. The number of para-hydroxylation sites is 1. The van der Waals surface area contributed by atoms with Crippen LogP contribution in [0.3, 0.4) is 0 Å². The van der Waals surface area contributed by atoms with Crippen LogP contribution >= 0.6 is 0 Å². The highest BCUT2D eigenvalue weighted by Gasteiger charge is 2.18. The minimum atomic E-state index is -0.688. The van der Waals surface area contributed by atoms with E-state index in [0.29, 0.717) is 36.9 Å². The van der Waals surface area contributed by atoms with Crippen LogP contribution in [0.25, 0.3) is 0 Å². The minimum absolute atomic E-state index is 0.189. The van der Waals surface area contributed by atoms with Gasteiger partial charge >= 0.3 is 0 Å². The highest BCUT2D eigenvalue weighted by atomic mass is 16.5. The van der Waals surface area contributed by atoms with E-state index < -0.39 is 6.10 Å². The molecule has 172 valence electrons. The second-order valence-electron chi connectivity index (χ2n) is 7.51. The van der Waals surface area contributed by atoms with Crippen LogP contribution in [0.15, 0.2) is 59.2 Å². The molecule has 1 atom stereocenters. The average Bonchev–Trinajstić information content (AvgIpc) is 3.30. The topological polar surface area (TPSA) is 73.5 Å². The van der Waals surface area contributed by atoms with Crippen LogP contribution in [0.1, 0.15) is 16.9 Å².